The van der Waals surface area contributed by atoms with Gasteiger partial charge in [-0.05, 0) is 37.8 Å². The van der Waals surface area contributed by atoms with Crippen molar-refractivity contribution in [3.8, 4) is 0 Å². The van der Waals surface area contributed by atoms with Gasteiger partial charge >= 0.3 is 6.03 Å². The fraction of sp³-hybridized carbons (Fsp3) is 0.632. The molecule has 2 fully saturated rings. The lowest BCUT2D eigenvalue weighted by atomic mass is 9.89. The van der Waals surface area contributed by atoms with Gasteiger partial charge in [0.2, 0.25) is 0 Å². The van der Waals surface area contributed by atoms with Crippen LogP contribution in [0.3, 0.4) is 0 Å². The van der Waals surface area contributed by atoms with E-state index in [1.165, 1.54) is 38.5 Å². The number of hydrogen-bond donors (Lipinski definition) is 1. The number of benzene rings is 1. The number of rotatable bonds is 3. The molecule has 3 rings (SSSR count). The predicted molar refractivity (Wildman–Crippen MR) is 101 cm³/mol. The maximum Gasteiger partial charge on any atom is 0.322 e. The number of nitrogens with zero attached hydrogens (tertiary/aromatic N) is 1. The van der Waals surface area contributed by atoms with Crippen molar-refractivity contribution in [2.45, 2.75) is 76.3 Å². The maximum atomic E-state index is 13.1. The molecule has 0 unspecified atom stereocenters. The average Bonchev–Trinajstić information content (AvgIpc) is 2.60. The first kappa shape index (κ1) is 17.9. The van der Waals surface area contributed by atoms with Gasteiger partial charge in [-0.15, -0.1) is 0 Å². The summed E-state index contributed by atoms with van der Waals surface area (Å²) in [6.45, 7) is 0. The van der Waals surface area contributed by atoms with Crippen LogP contribution in [0.5, 0.6) is 0 Å². The second-order valence-corrected chi connectivity index (χ2v) is 7.83. The van der Waals surface area contributed by atoms with Gasteiger partial charge in [0.05, 0.1) is 15.7 Å². The van der Waals surface area contributed by atoms with Crippen molar-refractivity contribution in [3.63, 3.8) is 0 Å². The molecule has 5 heteroatoms. The van der Waals surface area contributed by atoms with Crippen molar-refractivity contribution in [2.24, 2.45) is 0 Å². The molecule has 1 aromatic carbocycles. The van der Waals surface area contributed by atoms with Gasteiger partial charge in [0.15, 0.2) is 0 Å². The van der Waals surface area contributed by atoms with Crippen LogP contribution in [-0.2, 0) is 0 Å². The number of halogens is 2. The second-order valence-electron chi connectivity index (χ2n) is 7.02. The normalized spacial score (nSPS) is 19.9. The summed E-state index contributed by atoms with van der Waals surface area (Å²) in [7, 11) is 0. The van der Waals surface area contributed by atoms with Gasteiger partial charge in [-0.1, -0.05) is 67.8 Å². The summed E-state index contributed by atoms with van der Waals surface area (Å²) in [5, 5.41) is 3.97. The maximum absolute atomic E-state index is 13.1. The van der Waals surface area contributed by atoms with Crippen LogP contribution < -0.4 is 5.32 Å². The van der Waals surface area contributed by atoms with Crippen LogP contribution in [0.15, 0.2) is 18.2 Å². The molecular formula is C19H26Cl2N2O. The van der Waals surface area contributed by atoms with E-state index in [9.17, 15) is 4.79 Å². The standard InChI is InChI=1S/C19H26Cl2N2O/c20-16-12-7-13-17(21)18(16)22-19(24)23(14-8-3-1-4-9-14)15-10-5-2-6-11-15/h7,12-15H,1-6,8-11H2,(H,22,24). The zero-order valence-electron chi connectivity index (χ0n) is 14.1. The van der Waals surface area contributed by atoms with E-state index in [4.69, 9.17) is 23.2 Å². The highest BCUT2D eigenvalue weighted by molar-refractivity contribution is 6.39. The van der Waals surface area contributed by atoms with E-state index < -0.39 is 0 Å². The summed E-state index contributed by atoms with van der Waals surface area (Å²) in [4.78, 5) is 15.2. The van der Waals surface area contributed by atoms with Crippen LogP contribution in [0, 0.1) is 0 Å². The number of hydrogen-bond acceptors (Lipinski definition) is 1. The molecule has 24 heavy (non-hydrogen) atoms. The largest absolute Gasteiger partial charge is 0.322 e. The Balaban J connectivity index is 1.79. The van der Waals surface area contributed by atoms with Crippen LogP contribution in [0.25, 0.3) is 0 Å². The van der Waals surface area contributed by atoms with Crippen LogP contribution in [0.2, 0.25) is 10.0 Å². The van der Waals surface area contributed by atoms with E-state index in [-0.39, 0.29) is 6.03 Å². The fourth-order valence-electron chi connectivity index (χ4n) is 4.14. The van der Waals surface area contributed by atoms with Crippen LogP contribution in [-0.4, -0.2) is 23.0 Å². The molecule has 2 amide bonds. The average molecular weight is 369 g/mol. The van der Waals surface area contributed by atoms with E-state index in [0.29, 0.717) is 27.8 Å². The number of carbonyl (C=O) groups is 1. The summed E-state index contributed by atoms with van der Waals surface area (Å²) >= 11 is 12.5. The highest BCUT2D eigenvalue weighted by Crippen LogP contribution is 2.33. The molecule has 0 aromatic heterocycles. The first-order valence-corrected chi connectivity index (χ1v) is 9.96. The van der Waals surface area contributed by atoms with Gasteiger partial charge in [0.25, 0.3) is 0 Å². The van der Waals surface area contributed by atoms with Crippen molar-refractivity contribution < 1.29 is 4.79 Å². The fourth-order valence-corrected chi connectivity index (χ4v) is 4.63. The summed E-state index contributed by atoms with van der Waals surface area (Å²) in [5.41, 5.74) is 0.530. The zero-order valence-corrected chi connectivity index (χ0v) is 15.6. The molecule has 3 nitrogen and oxygen atoms in total. The second kappa shape index (κ2) is 8.44. The lowest BCUT2D eigenvalue weighted by molar-refractivity contribution is 0.114. The van der Waals surface area contributed by atoms with Gasteiger partial charge in [0.1, 0.15) is 0 Å². The van der Waals surface area contributed by atoms with Crippen molar-refractivity contribution in [3.05, 3.63) is 28.2 Å². The smallest absolute Gasteiger partial charge is 0.319 e. The molecule has 0 radical (unpaired) electrons. The Morgan fingerprint density at radius 2 is 1.33 bits per heavy atom. The Labute approximate surface area is 154 Å². The Morgan fingerprint density at radius 3 is 1.79 bits per heavy atom. The molecule has 0 atom stereocenters. The topological polar surface area (TPSA) is 32.3 Å². The number of urea groups is 1. The molecule has 2 saturated carbocycles. The Bertz CT molecular complexity index is 528. The molecule has 0 spiro atoms. The molecule has 1 N–H and O–H groups in total. The molecular weight excluding hydrogens is 343 g/mol. The highest BCUT2D eigenvalue weighted by atomic mass is 35.5. The van der Waals surface area contributed by atoms with Crippen molar-refractivity contribution >= 4 is 34.9 Å². The van der Waals surface area contributed by atoms with Crippen LogP contribution >= 0.6 is 23.2 Å². The lowest BCUT2D eigenvalue weighted by Gasteiger charge is -2.41. The molecule has 0 heterocycles. The lowest BCUT2D eigenvalue weighted by Crippen LogP contribution is -2.50. The van der Waals surface area contributed by atoms with Crippen LogP contribution in [0.4, 0.5) is 10.5 Å². The Kier molecular flexibility index (Phi) is 6.29. The number of para-hydroxylation sites is 1. The quantitative estimate of drug-likeness (QED) is 0.649. The number of anilines is 1. The van der Waals surface area contributed by atoms with Gasteiger partial charge in [0, 0.05) is 12.1 Å². The number of nitrogens with one attached hydrogen (secondary N) is 1. The third-order valence-electron chi connectivity index (χ3n) is 5.37. The minimum absolute atomic E-state index is 0.0381. The van der Waals surface area contributed by atoms with E-state index in [1.54, 1.807) is 18.2 Å². The van der Waals surface area contributed by atoms with Gasteiger partial charge in [-0.25, -0.2) is 4.79 Å². The third kappa shape index (κ3) is 4.18. The molecule has 2 aliphatic carbocycles. The molecule has 0 bridgehead atoms. The van der Waals surface area contributed by atoms with Crippen molar-refractivity contribution in [1.82, 2.24) is 4.90 Å². The summed E-state index contributed by atoms with van der Waals surface area (Å²) in [5.74, 6) is 0. The van der Waals surface area contributed by atoms with Gasteiger partial charge < -0.3 is 10.2 Å². The van der Waals surface area contributed by atoms with E-state index >= 15 is 0 Å². The Hall–Kier alpha value is -0.930. The molecule has 2 aliphatic rings. The summed E-state index contributed by atoms with van der Waals surface area (Å²) in [6, 6.07) is 5.97. The van der Waals surface area contributed by atoms with Crippen LogP contribution in [0.1, 0.15) is 64.2 Å². The molecule has 1 aromatic rings. The van der Waals surface area contributed by atoms with Gasteiger partial charge in [-0.3, -0.25) is 0 Å². The molecule has 132 valence electrons. The predicted octanol–water partition coefficient (Wildman–Crippen LogP) is 6.49. The summed E-state index contributed by atoms with van der Waals surface area (Å²) < 4.78 is 0. The Morgan fingerprint density at radius 1 is 0.875 bits per heavy atom. The SMILES string of the molecule is O=C(Nc1c(Cl)cccc1Cl)N(C1CCCCC1)C1CCCCC1. The first-order valence-electron chi connectivity index (χ1n) is 9.20. The van der Waals surface area contributed by atoms with Gasteiger partial charge in [-0.2, -0.15) is 0 Å². The van der Waals surface area contributed by atoms with E-state index in [2.05, 4.69) is 10.2 Å². The number of amides is 2. The first-order chi connectivity index (χ1) is 11.7. The van der Waals surface area contributed by atoms with Crippen molar-refractivity contribution in [2.75, 3.05) is 5.32 Å². The monoisotopic (exact) mass is 368 g/mol. The highest BCUT2D eigenvalue weighted by Gasteiger charge is 2.32. The summed E-state index contributed by atoms with van der Waals surface area (Å²) in [6.07, 6.45) is 11.9. The third-order valence-corrected chi connectivity index (χ3v) is 6.00. The molecule has 0 aliphatic heterocycles. The zero-order chi connectivity index (χ0) is 16.9. The van der Waals surface area contributed by atoms with E-state index in [1.807, 2.05) is 0 Å². The number of carbonyl (C=O) groups excluding carboxylic acids is 1. The van der Waals surface area contributed by atoms with Crippen molar-refractivity contribution in [1.29, 1.82) is 0 Å². The minimum Gasteiger partial charge on any atom is -0.319 e. The molecule has 0 saturated heterocycles. The van der Waals surface area contributed by atoms with E-state index in [0.717, 1.165) is 25.7 Å². The minimum atomic E-state index is -0.0381.